The van der Waals surface area contributed by atoms with E-state index in [1.54, 1.807) is 12.1 Å². The van der Waals surface area contributed by atoms with Gasteiger partial charge in [0.05, 0.1) is 6.26 Å². The van der Waals surface area contributed by atoms with Crippen LogP contribution in [0, 0.1) is 13.8 Å². The van der Waals surface area contributed by atoms with Gasteiger partial charge in [0.2, 0.25) is 11.5 Å². The van der Waals surface area contributed by atoms with Crippen LogP contribution in [0.15, 0.2) is 47.1 Å². The van der Waals surface area contributed by atoms with Gasteiger partial charge in [0, 0.05) is 28.7 Å². The van der Waals surface area contributed by atoms with E-state index in [2.05, 4.69) is 0 Å². The minimum Gasteiger partial charge on any atom is -0.486 e. The number of aryl methyl sites for hydroxylation is 1. The molecule has 0 aliphatic carbocycles. The number of fused-ring (bicyclic) bond motifs is 1. The third-order valence-corrected chi connectivity index (χ3v) is 4.57. The number of furan rings is 1. The standard InChI is InChI=1S/C21H19NO6/c1-13-10-16(17(23)12-28-21(24)19-4-3-7-25-19)14(2)22(13)15-5-6-18-20(11-15)27-9-8-26-18/h3-7,10-11H,8-9,12H2,1-2H3. The van der Waals surface area contributed by atoms with Crippen molar-refractivity contribution in [3.8, 4) is 17.2 Å². The van der Waals surface area contributed by atoms with Crippen molar-refractivity contribution in [2.24, 2.45) is 0 Å². The monoisotopic (exact) mass is 381 g/mol. The summed E-state index contributed by atoms with van der Waals surface area (Å²) in [7, 11) is 0. The van der Waals surface area contributed by atoms with E-state index in [1.165, 1.54) is 12.3 Å². The number of ketones is 1. The van der Waals surface area contributed by atoms with E-state index in [-0.39, 0.29) is 18.2 Å². The second kappa shape index (κ2) is 7.26. The highest BCUT2D eigenvalue weighted by atomic mass is 16.6. The maximum Gasteiger partial charge on any atom is 0.374 e. The Labute approximate surface area is 161 Å². The molecule has 1 aliphatic heterocycles. The molecule has 0 radical (unpaired) electrons. The smallest absolute Gasteiger partial charge is 0.374 e. The van der Waals surface area contributed by atoms with Crippen LogP contribution in [0.25, 0.3) is 5.69 Å². The zero-order valence-corrected chi connectivity index (χ0v) is 15.6. The Bertz CT molecular complexity index is 1030. The van der Waals surface area contributed by atoms with Gasteiger partial charge < -0.3 is 23.2 Å². The number of nitrogens with zero attached hydrogens (tertiary/aromatic N) is 1. The van der Waals surface area contributed by atoms with Crippen LogP contribution >= 0.6 is 0 Å². The lowest BCUT2D eigenvalue weighted by Crippen LogP contribution is -2.16. The Hall–Kier alpha value is -3.48. The van der Waals surface area contributed by atoms with Crippen LogP contribution in [0.3, 0.4) is 0 Å². The topological polar surface area (TPSA) is 79.9 Å². The first-order valence-corrected chi connectivity index (χ1v) is 8.87. The van der Waals surface area contributed by atoms with Gasteiger partial charge in [0.15, 0.2) is 18.1 Å². The molecule has 0 unspecified atom stereocenters. The summed E-state index contributed by atoms with van der Waals surface area (Å²) in [5.74, 6) is 0.500. The predicted molar refractivity (Wildman–Crippen MR) is 99.6 cm³/mol. The third kappa shape index (κ3) is 3.26. The van der Waals surface area contributed by atoms with E-state index in [0.29, 0.717) is 30.3 Å². The normalized spacial score (nSPS) is 12.6. The van der Waals surface area contributed by atoms with Crippen LogP contribution in [-0.2, 0) is 4.74 Å². The van der Waals surface area contributed by atoms with Crippen LogP contribution in [0.1, 0.15) is 32.3 Å². The van der Waals surface area contributed by atoms with Crippen molar-refractivity contribution in [2.75, 3.05) is 19.8 Å². The first kappa shape index (κ1) is 17.9. The van der Waals surface area contributed by atoms with Gasteiger partial charge in [-0.15, -0.1) is 0 Å². The van der Waals surface area contributed by atoms with Gasteiger partial charge in [0.1, 0.15) is 13.2 Å². The summed E-state index contributed by atoms with van der Waals surface area (Å²) >= 11 is 0. The molecule has 0 amide bonds. The Morgan fingerprint density at radius 1 is 1.07 bits per heavy atom. The minimum atomic E-state index is -0.668. The summed E-state index contributed by atoms with van der Waals surface area (Å²) in [5.41, 5.74) is 3.01. The van der Waals surface area contributed by atoms with Crippen LogP contribution < -0.4 is 9.47 Å². The third-order valence-electron chi connectivity index (χ3n) is 4.57. The molecule has 7 nitrogen and oxygen atoms in total. The average Bonchev–Trinajstić information content (AvgIpc) is 3.34. The molecule has 3 heterocycles. The van der Waals surface area contributed by atoms with Crippen molar-refractivity contribution in [1.29, 1.82) is 0 Å². The van der Waals surface area contributed by atoms with E-state index < -0.39 is 5.97 Å². The molecule has 4 rings (SSSR count). The van der Waals surface area contributed by atoms with Crippen molar-refractivity contribution < 1.29 is 28.2 Å². The number of carbonyl (C=O) groups excluding carboxylic acids is 2. The zero-order chi connectivity index (χ0) is 19.7. The molecule has 0 fully saturated rings. The van der Waals surface area contributed by atoms with Gasteiger partial charge in [-0.05, 0) is 44.2 Å². The Morgan fingerprint density at radius 3 is 2.61 bits per heavy atom. The predicted octanol–water partition coefficient (Wildman–Crippen LogP) is 3.50. The molecule has 1 aliphatic rings. The highest BCUT2D eigenvalue weighted by Crippen LogP contribution is 2.33. The number of hydrogen-bond acceptors (Lipinski definition) is 6. The molecule has 2 aromatic heterocycles. The van der Waals surface area contributed by atoms with Crippen LogP contribution in [-0.4, -0.2) is 36.1 Å². The molecule has 0 atom stereocenters. The number of aromatic nitrogens is 1. The van der Waals surface area contributed by atoms with Crippen LogP contribution in [0.2, 0.25) is 0 Å². The molecule has 144 valence electrons. The molecular weight excluding hydrogens is 362 g/mol. The number of rotatable bonds is 5. The van der Waals surface area contributed by atoms with Gasteiger partial charge in [-0.2, -0.15) is 0 Å². The summed E-state index contributed by atoms with van der Waals surface area (Å²) in [6.45, 7) is 4.44. The molecule has 0 spiro atoms. The maximum atomic E-state index is 12.6. The highest BCUT2D eigenvalue weighted by molar-refractivity contribution is 6.00. The number of benzene rings is 1. The molecule has 0 N–H and O–H groups in total. The largest absolute Gasteiger partial charge is 0.486 e. The second-order valence-electron chi connectivity index (χ2n) is 6.42. The number of ether oxygens (including phenoxy) is 3. The fourth-order valence-electron chi connectivity index (χ4n) is 3.29. The van der Waals surface area contributed by atoms with E-state index in [4.69, 9.17) is 18.6 Å². The fraction of sp³-hybridized carbons (Fsp3) is 0.238. The van der Waals surface area contributed by atoms with E-state index in [1.807, 2.05) is 36.6 Å². The molecule has 0 saturated carbocycles. The number of hydrogen-bond donors (Lipinski definition) is 0. The Morgan fingerprint density at radius 2 is 1.86 bits per heavy atom. The number of esters is 1. The molecule has 28 heavy (non-hydrogen) atoms. The first-order chi connectivity index (χ1) is 13.5. The summed E-state index contributed by atoms with van der Waals surface area (Å²) in [5, 5.41) is 0. The Balaban J connectivity index is 1.55. The summed E-state index contributed by atoms with van der Waals surface area (Å²) in [6, 6.07) is 10.5. The summed E-state index contributed by atoms with van der Waals surface area (Å²) < 4.78 is 23.2. The van der Waals surface area contributed by atoms with E-state index in [0.717, 1.165) is 17.1 Å². The van der Waals surface area contributed by atoms with E-state index in [9.17, 15) is 9.59 Å². The Kier molecular flexibility index (Phi) is 4.65. The number of Topliss-reactive ketones (excluding diaryl/α,β-unsaturated/α-hetero) is 1. The molecule has 7 heteroatoms. The molecule has 0 bridgehead atoms. The van der Waals surface area contributed by atoms with Crippen molar-refractivity contribution in [3.05, 3.63) is 65.4 Å². The molecule has 1 aromatic carbocycles. The van der Waals surface area contributed by atoms with Crippen LogP contribution in [0.4, 0.5) is 0 Å². The fourth-order valence-corrected chi connectivity index (χ4v) is 3.29. The maximum absolute atomic E-state index is 12.6. The molecule has 0 saturated heterocycles. The average molecular weight is 381 g/mol. The lowest BCUT2D eigenvalue weighted by atomic mass is 10.1. The molecule has 3 aromatic rings. The van der Waals surface area contributed by atoms with Crippen molar-refractivity contribution >= 4 is 11.8 Å². The van der Waals surface area contributed by atoms with Gasteiger partial charge in [0.25, 0.3) is 0 Å². The quantitative estimate of drug-likeness (QED) is 0.497. The summed E-state index contributed by atoms with van der Waals surface area (Å²) in [6.07, 6.45) is 1.37. The number of carbonyl (C=O) groups is 2. The highest BCUT2D eigenvalue weighted by Gasteiger charge is 2.20. The molecular formula is C21H19NO6. The van der Waals surface area contributed by atoms with Gasteiger partial charge in [-0.25, -0.2) is 4.79 Å². The van der Waals surface area contributed by atoms with Crippen molar-refractivity contribution in [3.63, 3.8) is 0 Å². The summed E-state index contributed by atoms with van der Waals surface area (Å²) in [4.78, 5) is 24.5. The van der Waals surface area contributed by atoms with E-state index >= 15 is 0 Å². The van der Waals surface area contributed by atoms with Gasteiger partial charge >= 0.3 is 5.97 Å². The first-order valence-electron chi connectivity index (χ1n) is 8.87. The lowest BCUT2D eigenvalue weighted by Gasteiger charge is -2.20. The second-order valence-corrected chi connectivity index (χ2v) is 6.42. The SMILES string of the molecule is Cc1cc(C(=O)COC(=O)c2ccco2)c(C)n1-c1ccc2c(c1)OCCO2. The zero-order valence-electron chi connectivity index (χ0n) is 15.6. The van der Waals surface area contributed by atoms with Crippen LogP contribution in [0.5, 0.6) is 11.5 Å². The minimum absolute atomic E-state index is 0.0644. The van der Waals surface area contributed by atoms with Crippen molar-refractivity contribution in [2.45, 2.75) is 13.8 Å². The van der Waals surface area contributed by atoms with Gasteiger partial charge in [-0.1, -0.05) is 0 Å². The van der Waals surface area contributed by atoms with Crippen molar-refractivity contribution in [1.82, 2.24) is 4.57 Å². The lowest BCUT2D eigenvalue weighted by molar-refractivity contribution is 0.0444. The van der Waals surface area contributed by atoms with Gasteiger partial charge in [-0.3, -0.25) is 4.79 Å².